The van der Waals surface area contributed by atoms with Gasteiger partial charge in [0.1, 0.15) is 0 Å². The van der Waals surface area contributed by atoms with Crippen LogP contribution >= 0.6 is 15.9 Å². The van der Waals surface area contributed by atoms with Crippen LogP contribution in [-0.4, -0.2) is 23.9 Å². The summed E-state index contributed by atoms with van der Waals surface area (Å²) in [7, 11) is 0. The highest BCUT2D eigenvalue weighted by molar-refractivity contribution is 9.10. The highest BCUT2D eigenvalue weighted by atomic mass is 79.9. The number of rotatable bonds is 4. The van der Waals surface area contributed by atoms with Gasteiger partial charge in [-0.05, 0) is 73.8 Å². The Hall–Kier alpha value is -1.65. The van der Waals surface area contributed by atoms with Gasteiger partial charge < -0.3 is 5.32 Å². The number of likely N-dealkylation sites (tertiary alicyclic amines) is 1. The minimum absolute atomic E-state index is 0.0831. The number of hydrogen-bond acceptors (Lipinski definition) is 2. The Morgan fingerprint density at radius 2 is 1.71 bits per heavy atom. The summed E-state index contributed by atoms with van der Waals surface area (Å²) >= 11 is 3.38. The molecule has 1 saturated heterocycles. The zero-order chi connectivity index (χ0) is 16.9. The summed E-state index contributed by atoms with van der Waals surface area (Å²) < 4.78 is 0.968. The fourth-order valence-electron chi connectivity index (χ4n) is 2.98. The van der Waals surface area contributed by atoms with E-state index in [9.17, 15) is 4.79 Å². The van der Waals surface area contributed by atoms with Crippen molar-refractivity contribution >= 4 is 27.5 Å². The molecule has 1 aliphatic heterocycles. The topological polar surface area (TPSA) is 32.3 Å². The van der Waals surface area contributed by atoms with E-state index in [2.05, 4.69) is 45.2 Å². The van der Waals surface area contributed by atoms with Gasteiger partial charge in [0.05, 0.1) is 0 Å². The second-order valence-corrected chi connectivity index (χ2v) is 7.53. The van der Waals surface area contributed by atoms with Gasteiger partial charge >= 0.3 is 0 Å². The zero-order valence-corrected chi connectivity index (χ0v) is 15.6. The van der Waals surface area contributed by atoms with E-state index in [1.54, 1.807) is 0 Å². The normalized spacial score (nSPS) is 16.1. The van der Waals surface area contributed by atoms with Crippen molar-refractivity contribution in [1.82, 2.24) is 4.90 Å². The molecule has 0 atom stereocenters. The van der Waals surface area contributed by atoms with Crippen molar-refractivity contribution in [2.45, 2.75) is 26.3 Å². The third kappa shape index (κ3) is 4.68. The van der Waals surface area contributed by atoms with Gasteiger partial charge in [-0.2, -0.15) is 0 Å². The van der Waals surface area contributed by atoms with E-state index in [1.165, 1.54) is 31.5 Å². The van der Waals surface area contributed by atoms with Crippen molar-refractivity contribution in [3.05, 3.63) is 64.1 Å². The quantitative estimate of drug-likeness (QED) is 0.807. The Kier molecular flexibility index (Phi) is 5.69. The molecule has 3 nitrogen and oxygen atoms in total. The molecule has 1 heterocycles. The molecule has 126 valence electrons. The van der Waals surface area contributed by atoms with E-state index in [4.69, 9.17) is 0 Å². The lowest BCUT2D eigenvalue weighted by Crippen LogP contribution is -2.32. The van der Waals surface area contributed by atoms with E-state index in [0.717, 1.165) is 22.6 Å². The van der Waals surface area contributed by atoms with Crippen LogP contribution in [0.5, 0.6) is 0 Å². The molecule has 4 heteroatoms. The van der Waals surface area contributed by atoms with E-state index in [0.29, 0.717) is 5.56 Å². The smallest absolute Gasteiger partial charge is 0.255 e. The molecule has 0 spiro atoms. The fourth-order valence-corrected chi connectivity index (χ4v) is 3.24. The van der Waals surface area contributed by atoms with Crippen LogP contribution in [0.3, 0.4) is 0 Å². The van der Waals surface area contributed by atoms with Crippen molar-refractivity contribution < 1.29 is 4.79 Å². The van der Waals surface area contributed by atoms with E-state index in [1.807, 2.05) is 36.4 Å². The second-order valence-electron chi connectivity index (χ2n) is 6.62. The molecular weight excluding hydrogens is 364 g/mol. The van der Waals surface area contributed by atoms with Crippen molar-refractivity contribution in [3.63, 3.8) is 0 Å². The summed E-state index contributed by atoms with van der Waals surface area (Å²) in [4.78, 5) is 14.7. The van der Waals surface area contributed by atoms with Gasteiger partial charge in [-0.25, -0.2) is 0 Å². The summed E-state index contributed by atoms with van der Waals surface area (Å²) in [5.41, 5.74) is 2.79. The second kappa shape index (κ2) is 7.95. The van der Waals surface area contributed by atoms with Gasteiger partial charge in [-0.15, -0.1) is 0 Å². The van der Waals surface area contributed by atoms with Crippen LogP contribution in [0.25, 0.3) is 0 Å². The molecule has 0 saturated carbocycles. The molecule has 2 aromatic rings. The summed E-state index contributed by atoms with van der Waals surface area (Å²) in [6, 6.07) is 15.5. The van der Waals surface area contributed by atoms with Crippen LogP contribution in [0.15, 0.2) is 53.0 Å². The molecule has 0 aromatic heterocycles. The van der Waals surface area contributed by atoms with Gasteiger partial charge in [0.15, 0.2) is 0 Å². The third-order valence-corrected chi connectivity index (χ3v) is 5.13. The number of carbonyl (C=O) groups is 1. The molecule has 1 N–H and O–H groups in total. The predicted octanol–water partition coefficient (Wildman–Crippen LogP) is 4.93. The third-order valence-electron chi connectivity index (χ3n) is 4.60. The fraction of sp³-hybridized carbons (Fsp3) is 0.350. The van der Waals surface area contributed by atoms with Crippen molar-refractivity contribution in [2.24, 2.45) is 5.92 Å². The lowest BCUT2D eigenvalue weighted by Gasteiger charge is -2.30. The molecule has 1 fully saturated rings. The molecule has 2 aromatic carbocycles. The number of carbonyl (C=O) groups excluding carboxylic acids is 1. The van der Waals surface area contributed by atoms with Crippen LogP contribution < -0.4 is 5.32 Å². The number of anilines is 1. The van der Waals surface area contributed by atoms with Gasteiger partial charge in [-0.1, -0.05) is 35.0 Å². The highest BCUT2D eigenvalue weighted by Crippen LogP contribution is 2.19. The maximum absolute atomic E-state index is 12.2. The average Bonchev–Trinajstić information content (AvgIpc) is 2.59. The van der Waals surface area contributed by atoms with E-state index in [-0.39, 0.29) is 5.91 Å². The maximum atomic E-state index is 12.2. The lowest BCUT2D eigenvalue weighted by atomic mass is 9.99. The van der Waals surface area contributed by atoms with Crippen LogP contribution in [0.2, 0.25) is 0 Å². The first-order chi connectivity index (χ1) is 11.6. The lowest BCUT2D eigenvalue weighted by molar-refractivity contribution is 0.102. The van der Waals surface area contributed by atoms with Crippen molar-refractivity contribution in [1.29, 1.82) is 0 Å². The highest BCUT2D eigenvalue weighted by Gasteiger charge is 2.15. The van der Waals surface area contributed by atoms with Crippen LogP contribution in [0.4, 0.5) is 5.69 Å². The SMILES string of the molecule is CC1CCN(Cc2ccc(NC(=O)c3ccc(Br)cc3)cc2)CC1. The number of benzene rings is 2. The molecule has 0 bridgehead atoms. The van der Waals surface area contributed by atoms with Crippen LogP contribution in [-0.2, 0) is 6.54 Å². The van der Waals surface area contributed by atoms with Crippen molar-refractivity contribution in [3.8, 4) is 0 Å². The monoisotopic (exact) mass is 386 g/mol. The summed E-state index contributed by atoms with van der Waals surface area (Å²) in [6.45, 7) is 5.69. The molecule has 0 aliphatic carbocycles. The van der Waals surface area contributed by atoms with E-state index >= 15 is 0 Å². The molecular formula is C20H23BrN2O. The first kappa shape index (κ1) is 17.2. The minimum atomic E-state index is -0.0831. The van der Waals surface area contributed by atoms with Crippen molar-refractivity contribution in [2.75, 3.05) is 18.4 Å². The zero-order valence-electron chi connectivity index (χ0n) is 14.0. The number of amides is 1. The standard InChI is InChI=1S/C20H23BrN2O/c1-15-10-12-23(13-11-15)14-16-2-8-19(9-3-16)22-20(24)17-4-6-18(21)7-5-17/h2-9,15H,10-14H2,1H3,(H,22,24). The Labute approximate surface area is 152 Å². The molecule has 3 rings (SSSR count). The Morgan fingerprint density at radius 3 is 2.33 bits per heavy atom. The number of nitrogens with one attached hydrogen (secondary N) is 1. The van der Waals surface area contributed by atoms with Crippen LogP contribution in [0, 0.1) is 5.92 Å². The molecule has 1 amide bonds. The maximum Gasteiger partial charge on any atom is 0.255 e. The Balaban J connectivity index is 1.56. The summed E-state index contributed by atoms with van der Waals surface area (Å²) in [6.07, 6.45) is 2.59. The predicted molar refractivity (Wildman–Crippen MR) is 102 cm³/mol. The first-order valence-electron chi connectivity index (χ1n) is 8.48. The largest absolute Gasteiger partial charge is 0.322 e. The Bertz CT molecular complexity index is 674. The number of nitrogens with zero attached hydrogens (tertiary/aromatic N) is 1. The van der Waals surface area contributed by atoms with Gasteiger partial charge in [-0.3, -0.25) is 9.69 Å². The molecule has 1 aliphatic rings. The van der Waals surface area contributed by atoms with E-state index < -0.39 is 0 Å². The Morgan fingerprint density at radius 1 is 1.08 bits per heavy atom. The minimum Gasteiger partial charge on any atom is -0.322 e. The summed E-state index contributed by atoms with van der Waals surface area (Å²) in [5, 5.41) is 2.95. The molecule has 0 radical (unpaired) electrons. The average molecular weight is 387 g/mol. The van der Waals surface area contributed by atoms with Gasteiger partial charge in [0.2, 0.25) is 0 Å². The number of hydrogen-bond donors (Lipinski definition) is 1. The van der Waals surface area contributed by atoms with Crippen LogP contribution in [0.1, 0.15) is 35.7 Å². The summed E-state index contributed by atoms with van der Waals surface area (Å²) in [5.74, 6) is 0.776. The number of piperidine rings is 1. The molecule has 24 heavy (non-hydrogen) atoms. The number of halogens is 1. The first-order valence-corrected chi connectivity index (χ1v) is 9.27. The van der Waals surface area contributed by atoms with Gasteiger partial charge in [0, 0.05) is 22.3 Å². The van der Waals surface area contributed by atoms with Gasteiger partial charge in [0.25, 0.3) is 5.91 Å². The molecule has 0 unspecified atom stereocenters.